The summed E-state index contributed by atoms with van der Waals surface area (Å²) in [5.74, 6) is 0.798. The van der Waals surface area contributed by atoms with Crippen LogP contribution < -0.4 is 5.73 Å². The average molecular weight is 170 g/mol. The van der Waals surface area contributed by atoms with Crippen LogP contribution in [0.4, 0.5) is 0 Å². The third-order valence-electron chi connectivity index (χ3n) is 1.71. The van der Waals surface area contributed by atoms with Crippen LogP contribution in [-0.2, 0) is 11.8 Å². The van der Waals surface area contributed by atoms with Gasteiger partial charge in [-0.3, -0.25) is 0 Å². The molecule has 0 saturated carbocycles. The predicted molar refractivity (Wildman–Crippen MR) is 44.4 cm³/mol. The Bertz CT molecular complexity index is 235. The number of aryl methyl sites for hydroxylation is 1. The van der Waals surface area contributed by atoms with E-state index in [2.05, 4.69) is 10.2 Å². The maximum Gasteiger partial charge on any atom is 0.149 e. The van der Waals surface area contributed by atoms with Crippen molar-refractivity contribution in [1.29, 1.82) is 0 Å². The first kappa shape index (κ1) is 9.15. The second-order valence-corrected chi connectivity index (χ2v) is 2.69. The molecule has 68 valence electrons. The zero-order valence-electron chi connectivity index (χ0n) is 7.40. The average Bonchev–Trinajstić information content (AvgIpc) is 2.47. The Kier molecular flexibility index (Phi) is 3.19. The number of hydrogen-bond acceptors (Lipinski definition) is 4. The van der Waals surface area contributed by atoms with E-state index in [4.69, 9.17) is 10.5 Å². The molecule has 0 amide bonds. The van der Waals surface area contributed by atoms with Crippen molar-refractivity contribution in [2.24, 2.45) is 12.8 Å². The van der Waals surface area contributed by atoms with Crippen LogP contribution in [0.5, 0.6) is 0 Å². The minimum absolute atomic E-state index is 0.0857. The molecule has 5 nitrogen and oxygen atoms in total. The Labute approximate surface area is 71.5 Å². The van der Waals surface area contributed by atoms with E-state index in [0.717, 1.165) is 12.2 Å². The summed E-state index contributed by atoms with van der Waals surface area (Å²) in [5, 5.41) is 7.64. The summed E-state index contributed by atoms with van der Waals surface area (Å²) < 4.78 is 6.73. The molecule has 1 rings (SSSR count). The topological polar surface area (TPSA) is 66.0 Å². The zero-order valence-corrected chi connectivity index (χ0v) is 7.40. The number of nitrogens with zero attached hydrogens (tertiary/aromatic N) is 3. The molecule has 2 N–H and O–H groups in total. The molecule has 12 heavy (non-hydrogen) atoms. The Balaban J connectivity index is 2.52. The van der Waals surface area contributed by atoms with Gasteiger partial charge in [0.05, 0.1) is 6.04 Å². The fourth-order valence-corrected chi connectivity index (χ4v) is 1.00. The van der Waals surface area contributed by atoms with Crippen molar-refractivity contribution >= 4 is 0 Å². The third-order valence-corrected chi connectivity index (χ3v) is 1.71. The summed E-state index contributed by atoms with van der Waals surface area (Å²) in [4.78, 5) is 0. The molecule has 0 saturated heterocycles. The Morgan fingerprint density at radius 3 is 3.00 bits per heavy atom. The SMILES string of the molecule is COCCC(N)c1nncn1C. The lowest BCUT2D eigenvalue weighted by Crippen LogP contribution is -2.17. The lowest BCUT2D eigenvalue weighted by molar-refractivity contribution is 0.187. The van der Waals surface area contributed by atoms with Gasteiger partial charge in [-0.2, -0.15) is 0 Å². The molecule has 5 heteroatoms. The summed E-state index contributed by atoms with van der Waals surface area (Å²) in [6.07, 6.45) is 2.41. The molecule has 0 aromatic carbocycles. The van der Waals surface area contributed by atoms with Gasteiger partial charge in [-0.1, -0.05) is 0 Å². The van der Waals surface area contributed by atoms with E-state index in [0.29, 0.717) is 6.61 Å². The van der Waals surface area contributed by atoms with Crippen LogP contribution in [0.2, 0.25) is 0 Å². The highest BCUT2D eigenvalue weighted by Crippen LogP contribution is 2.08. The molecule has 0 bridgehead atoms. The van der Waals surface area contributed by atoms with Gasteiger partial charge in [0, 0.05) is 20.8 Å². The Morgan fingerprint density at radius 2 is 2.50 bits per heavy atom. The van der Waals surface area contributed by atoms with Crippen molar-refractivity contribution in [3.63, 3.8) is 0 Å². The van der Waals surface area contributed by atoms with Crippen molar-refractivity contribution in [3.05, 3.63) is 12.2 Å². The number of ether oxygens (including phenoxy) is 1. The number of aromatic nitrogens is 3. The first-order valence-corrected chi connectivity index (χ1v) is 3.84. The van der Waals surface area contributed by atoms with Crippen LogP contribution in [0.25, 0.3) is 0 Å². The highest BCUT2D eigenvalue weighted by Gasteiger charge is 2.10. The van der Waals surface area contributed by atoms with Gasteiger partial charge >= 0.3 is 0 Å². The molecular formula is C7H14N4O. The number of methoxy groups -OCH3 is 1. The zero-order chi connectivity index (χ0) is 8.97. The molecule has 0 aliphatic rings. The van der Waals surface area contributed by atoms with Crippen LogP contribution in [0.15, 0.2) is 6.33 Å². The molecular weight excluding hydrogens is 156 g/mol. The molecule has 1 atom stereocenters. The molecule has 1 aromatic rings. The number of rotatable bonds is 4. The van der Waals surface area contributed by atoms with Crippen LogP contribution in [0.3, 0.4) is 0 Å². The first-order chi connectivity index (χ1) is 5.75. The van der Waals surface area contributed by atoms with E-state index in [1.165, 1.54) is 0 Å². The summed E-state index contributed by atoms with van der Waals surface area (Å²) >= 11 is 0. The quantitative estimate of drug-likeness (QED) is 0.682. The van der Waals surface area contributed by atoms with Gasteiger partial charge in [-0.15, -0.1) is 10.2 Å². The van der Waals surface area contributed by atoms with E-state index in [9.17, 15) is 0 Å². The summed E-state index contributed by atoms with van der Waals surface area (Å²) in [5.41, 5.74) is 5.82. The second-order valence-electron chi connectivity index (χ2n) is 2.69. The second kappa shape index (κ2) is 4.18. The summed E-state index contributed by atoms with van der Waals surface area (Å²) in [6.45, 7) is 0.647. The van der Waals surface area contributed by atoms with Crippen LogP contribution in [0.1, 0.15) is 18.3 Å². The third kappa shape index (κ3) is 2.02. The molecule has 1 heterocycles. The van der Waals surface area contributed by atoms with Gasteiger partial charge in [-0.05, 0) is 6.42 Å². The molecule has 0 fully saturated rings. The van der Waals surface area contributed by atoms with E-state index < -0.39 is 0 Å². The minimum atomic E-state index is -0.0857. The van der Waals surface area contributed by atoms with E-state index in [1.54, 1.807) is 13.4 Å². The predicted octanol–water partition coefficient (Wildman–Crippen LogP) is -0.149. The van der Waals surface area contributed by atoms with Crippen LogP contribution in [0, 0.1) is 0 Å². The fraction of sp³-hybridized carbons (Fsp3) is 0.714. The maximum absolute atomic E-state index is 5.82. The normalized spacial score (nSPS) is 13.2. The van der Waals surface area contributed by atoms with Gasteiger partial charge in [0.1, 0.15) is 12.2 Å². The van der Waals surface area contributed by atoms with Gasteiger partial charge < -0.3 is 15.0 Å². The van der Waals surface area contributed by atoms with Gasteiger partial charge in [0.2, 0.25) is 0 Å². The van der Waals surface area contributed by atoms with Crippen molar-refractivity contribution in [1.82, 2.24) is 14.8 Å². The van der Waals surface area contributed by atoms with Crippen molar-refractivity contribution in [2.75, 3.05) is 13.7 Å². The largest absolute Gasteiger partial charge is 0.385 e. The van der Waals surface area contributed by atoms with E-state index in [1.807, 2.05) is 11.6 Å². The number of hydrogen-bond donors (Lipinski definition) is 1. The molecule has 1 unspecified atom stereocenters. The Hall–Kier alpha value is -0.940. The Morgan fingerprint density at radius 1 is 1.75 bits per heavy atom. The summed E-state index contributed by atoms with van der Waals surface area (Å²) in [6, 6.07) is -0.0857. The lowest BCUT2D eigenvalue weighted by atomic mass is 10.2. The first-order valence-electron chi connectivity index (χ1n) is 3.84. The molecule has 0 aliphatic heterocycles. The maximum atomic E-state index is 5.82. The van der Waals surface area contributed by atoms with E-state index >= 15 is 0 Å². The molecule has 1 aromatic heterocycles. The highest BCUT2D eigenvalue weighted by atomic mass is 16.5. The monoisotopic (exact) mass is 170 g/mol. The highest BCUT2D eigenvalue weighted by molar-refractivity contribution is 4.92. The van der Waals surface area contributed by atoms with Crippen molar-refractivity contribution in [3.8, 4) is 0 Å². The van der Waals surface area contributed by atoms with E-state index in [-0.39, 0.29) is 6.04 Å². The molecule has 0 radical (unpaired) electrons. The van der Waals surface area contributed by atoms with Crippen molar-refractivity contribution in [2.45, 2.75) is 12.5 Å². The summed E-state index contributed by atoms with van der Waals surface area (Å²) in [7, 11) is 3.53. The molecule has 0 spiro atoms. The standard InChI is InChI=1S/C7H14N4O/c1-11-5-9-10-7(11)6(8)3-4-12-2/h5-6H,3-4,8H2,1-2H3. The number of nitrogens with two attached hydrogens (primary N) is 1. The minimum Gasteiger partial charge on any atom is -0.385 e. The van der Waals surface area contributed by atoms with Gasteiger partial charge in [0.25, 0.3) is 0 Å². The van der Waals surface area contributed by atoms with Crippen molar-refractivity contribution < 1.29 is 4.74 Å². The lowest BCUT2D eigenvalue weighted by Gasteiger charge is -2.08. The smallest absolute Gasteiger partial charge is 0.149 e. The van der Waals surface area contributed by atoms with Crippen LogP contribution in [-0.4, -0.2) is 28.5 Å². The van der Waals surface area contributed by atoms with Gasteiger partial charge in [0.15, 0.2) is 0 Å². The fourth-order valence-electron chi connectivity index (χ4n) is 1.00. The molecule has 0 aliphatic carbocycles. The van der Waals surface area contributed by atoms with Gasteiger partial charge in [-0.25, -0.2) is 0 Å². The van der Waals surface area contributed by atoms with Crippen LogP contribution >= 0.6 is 0 Å².